The Morgan fingerprint density at radius 1 is 1.33 bits per heavy atom. The summed E-state index contributed by atoms with van der Waals surface area (Å²) < 4.78 is 7.14. The van der Waals surface area contributed by atoms with E-state index in [0.29, 0.717) is 18.8 Å². The van der Waals surface area contributed by atoms with Gasteiger partial charge in [-0.05, 0) is 37.5 Å². The molecule has 1 amide bonds. The number of hydrogen-bond acceptors (Lipinski definition) is 5. The molecule has 0 bridgehead atoms. The predicted octanol–water partition coefficient (Wildman–Crippen LogP) is 2.24. The van der Waals surface area contributed by atoms with Gasteiger partial charge in [0.05, 0.1) is 30.9 Å². The van der Waals surface area contributed by atoms with Crippen LogP contribution in [0.15, 0.2) is 30.5 Å². The summed E-state index contributed by atoms with van der Waals surface area (Å²) in [5.74, 6) is 1.00. The predicted molar refractivity (Wildman–Crippen MR) is 99.4 cm³/mol. The molecule has 0 spiro atoms. The lowest BCUT2D eigenvalue weighted by molar-refractivity contribution is -0.143. The molecule has 1 aromatic carbocycles. The first-order chi connectivity index (χ1) is 13.0. The van der Waals surface area contributed by atoms with Crippen molar-refractivity contribution in [3.63, 3.8) is 0 Å². The molecule has 144 valence electrons. The minimum Gasteiger partial charge on any atom is -0.497 e. The highest BCUT2D eigenvalue weighted by Crippen LogP contribution is 2.44. The molecule has 1 saturated carbocycles. The number of likely N-dealkylation sites (tertiary alicyclic amines) is 1. The topological polar surface area (TPSA) is 80.5 Å². The van der Waals surface area contributed by atoms with E-state index >= 15 is 0 Å². The zero-order valence-corrected chi connectivity index (χ0v) is 15.8. The van der Waals surface area contributed by atoms with E-state index in [4.69, 9.17) is 4.74 Å². The third-order valence-corrected chi connectivity index (χ3v) is 5.97. The molecule has 1 aromatic heterocycles. The van der Waals surface area contributed by atoms with Crippen LogP contribution in [-0.2, 0) is 10.2 Å². The molecule has 0 radical (unpaired) electrons. The van der Waals surface area contributed by atoms with Gasteiger partial charge in [-0.15, -0.1) is 5.10 Å². The number of hydrogen-bond donors (Lipinski definition) is 1. The number of nitrogens with zero attached hydrogens (tertiary/aromatic N) is 4. The highest BCUT2D eigenvalue weighted by molar-refractivity contribution is 5.89. The zero-order chi connectivity index (χ0) is 19.0. The van der Waals surface area contributed by atoms with Crippen molar-refractivity contribution in [3.8, 4) is 5.75 Å². The molecular formula is C20H26N4O3. The fraction of sp³-hybridized carbons (Fsp3) is 0.550. The molecule has 1 unspecified atom stereocenters. The molecule has 7 nitrogen and oxygen atoms in total. The van der Waals surface area contributed by atoms with Crippen molar-refractivity contribution >= 4 is 5.91 Å². The molecule has 4 rings (SSSR count). The minimum atomic E-state index is -0.633. The number of aliphatic hydroxyl groups excluding tert-OH is 1. The lowest BCUT2D eigenvalue weighted by atomic mass is 9.76. The van der Waals surface area contributed by atoms with E-state index < -0.39 is 11.5 Å². The highest BCUT2D eigenvalue weighted by Gasteiger charge is 2.48. The molecule has 1 aliphatic heterocycles. The van der Waals surface area contributed by atoms with Crippen LogP contribution in [0.3, 0.4) is 0 Å². The van der Waals surface area contributed by atoms with Gasteiger partial charge >= 0.3 is 0 Å². The third kappa shape index (κ3) is 3.10. The number of aliphatic hydroxyl groups is 1. The van der Waals surface area contributed by atoms with Gasteiger partial charge in [0.2, 0.25) is 5.91 Å². The molecule has 1 N–H and O–H groups in total. The Hall–Kier alpha value is -2.41. The Morgan fingerprint density at radius 3 is 2.70 bits per heavy atom. The summed E-state index contributed by atoms with van der Waals surface area (Å²) >= 11 is 0. The molecule has 2 fully saturated rings. The van der Waals surface area contributed by atoms with E-state index in [1.54, 1.807) is 24.9 Å². The van der Waals surface area contributed by atoms with Gasteiger partial charge in [0.25, 0.3) is 0 Å². The smallest absolute Gasteiger partial charge is 0.233 e. The summed E-state index contributed by atoms with van der Waals surface area (Å²) in [4.78, 5) is 15.4. The molecule has 1 aliphatic carbocycles. The number of carbonyl (C=O) groups excluding carboxylic acids is 1. The van der Waals surface area contributed by atoms with Crippen LogP contribution in [0.25, 0.3) is 0 Å². The standard InChI is InChI=1S/C20H26N4O3/c1-14(25)18-13-24(22-21-18)16-11-23(12-16)19(26)20(8-3-4-9-20)15-6-5-7-17(10-15)27-2/h5-7,10,13-14,16,25H,3-4,8-9,11-12H2,1-2H3. The molecule has 2 aliphatic rings. The fourth-order valence-corrected chi connectivity index (χ4v) is 4.28. The number of benzene rings is 1. The normalized spacial score (nSPS) is 20.3. The van der Waals surface area contributed by atoms with Crippen molar-refractivity contribution in [2.45, 2.75) is 50.2 Å². The number of ether oxygens (including phenoxy) is 1. The first-order valence-corrected chi connectivity index (χ1v) is 9.57. The Kier molecular flexibility index (Phi) is 4.63. The van der Waals surface area contributed by atoms with Crippen molar-refractivity contribution in [3.05, 3.63) is 41.7 Å². The van der Waals surface area contributed by atoms with E-state index in [1.807, 2.05) is 23.1 Å². The average Bonchev–Trinajstić information content (AvgIpc) is 3.31. The van der Waals surface area contributed by atoms with E-state index in [0.717, 1.165) is 37.0 Å². The number of rotatable bonds is 5. The quantitative estimate of drug-likeness (QED) is 0.873. The van der Waals surface area contributed by atoms with Crippen LogP contribution in [0.2, 0.25) is 0 Å². The average molecular weight is 370 g/mol. The summed E-state index contributed by atoms with van der Waals surface area (Å²) in [5.41, 5.74) is 1.18. The van der Waals surface area contributed by atoms with Crippen molar-refractivity contribution in [2.75, 3.05) is 20.2 Å². The minimum absolute atomic E-state index is 0.123. The van der Waals surface area contributed by atoms with Crippen LogP contribution >= 0.6 is 0 Å². The summed E-state index contributed by atoms with van der Waals surface area (Å²) in [6.45, 7) is 2.93. The van der Waals surface area contributed by atoms with Gasteiger partial charge in [0.15, 0.2) is 0 Å². The van der Waals surface area contributed by atoms with Crippen molar-refractivity contribution in [2.24, 2.45) is 0 Å². The number of amides is 1. The van der Waals surface area contributed by atoms with Crippen LogP contribution < -0.4 is 4.74 Å². The zero-order valence-electron chi connectivity index (χ0n) is 15.8. The van der Waals surface area contributed by atoms with Gasteiger partial charge in [-0.3, -0.25) is 4.79 Å². The lowest BCUT2D eigenvalue weighted by Crippen LogP contribution is -2.56. The second kappa shape index (κ2) is 6.96. The fourth-order valence-electron chi connectivity index (χ4n) is 4.28. The molecule has 2 aromatic rings. The van der Waals surface area contributed by atoms with Crippen LogP contribution in [0.4, 0.5) is 0 Å². The van der Waals surface area contributed by atoms with Gasteiger partial charge in [-0.1, -0.05) is 30.2 Å². The monoisotopic (exact) mass is 370 g/mol. The third-order valence-electron chi connectivity index (χ3n) is 5.97. The summed E-state index contributed by atoms with van der Waals surface area (Å²) in [6, 6.07) is 8.06. The second-order valence-corrected chi connectivity index (χ2v) is 7.68. The lowest BCUT2D eigenvalue weighted by Gasteiger charge is -2.44. The van der Waals surface area contributed by atoms with Gasteiger partial charge in [0.1, 0.15) is 11.4 Å². The van der Waals surface area contributed by atoms with Gasteiger partial charge in [-0.25, -0.2) is 4.68 Å². The van der Waals surface area contributed by atoms with Gasteiger partial charge in [0, 0.05) is 13.1 Å². The van der Waals surface area contributed by atoms with Crippen LogP contribution in [0.1, 0.15) is 56.0 Å². The van der Waals surface area contributed by atoms with Crippen LogP contribution in [-0.4, -0.2) is 51.1 Å². The van der Waals surface area contributed by atoms with E-state index in [-0.39, 0.29) is 11.9 Å². The van der Waals surface area contributed by atoms with Crippen LogP contribution in [0.5, 0.6) is 5.75 Å². The molecule has 1 saturated heterocycles. The number of carbonyl (C=O) groups is 1. The Morgan fingerprint density at radius 2 is 2.07 bits per heavy atom. The summed E-state index contributed by atoms with van der Waals surface area (Å²) in [6.07, 6.45) is 5.05. The highest BCUT2D eigenvalue weighted by atomic mass is 16.5. The van der Waals surface area contributed by atoms with Crippen LogP contribution in [0, 0.1) is 0 Å². The second-order valence-electron chi connectivity index (χ2n) is 7.68. The maximum Gasteiger partial charge on any atom is 0.233 e. The van der Waals surface area contributed by atoms with Gasteiger partial charge in [-0.2, -0.15) is 0 Å². The van der Waals surface area contributed by atoms with E-state index in [9.17, 15) is 9.90 Å². The maximum atomic E-state index is 13.4. The Labute approximate surface area is 158 Å². The number of aromatic nitrogens is 3. The van der Waals surface area contributed by atoms with Crippen molar-refractivity contribution < 1.29 is 14.6 Å². The van der Waals surface area contributed by atoms with E-state index in [1.165, 1.54) is 0 Å². The Bertz CT molecular complexity index is 820. The molecule has 7 heteroatoms. The molecular weight excluding hydrogens is 344 g/mol. The number of methoxy groups -OCH3 is 1. The maximum absolute atomic E-state index is 13.4. The largest absolute Gasteiger partial charge is 0.497 e. The first-order valence-electron chi connectivity index (χ1n) is 9.57. The van der Waals surface area contributed by atoms with Crippen molar-refractivity contribution in [1.82, 2.24) is 19.9 Å². The molecule has 27 heavy (non-hydrogen) atoms. The molecule has 2 heterocycles. The van der Waals surface area contributed by atoms with E-state index in [2.05, 4.69) is 16.4 Å². The first kappa shape index (κ1) is 18.0. The SMILES string of the molecule is COc1cccc(C2(C(=O)N3CC(n4cc(C(C)O)nn4)C3)CCCC2)c1. The van der Waals surface area contributed by atoms with Gasteiger partial charge < -0.3 is 14.7 Å². The van der Waals surface area contributed by atoms with Crippen molar-refractivity contribution in [1.29, 1.82) is 0 Å². The summed E-state index contributed by atoms with van der Waals surface area (Å²) in [5, 5.41) is 17.7. The molecule has 1 atom stereocenters. The Balaban J connectivity index is 1.50. The summed E-state index contributed by atoms with van der Waals surface area (Å²) in [7, 11) is 1.65.